The van der Waals surface area contributed by atoms with E-state index in [0.717, 1.165) is 48.4 Å². The zero-order valence-electron chi connectivity index (χ0n) is 24.9. The summed E-state index contributed by atoms with van der Waals surface area (Å²) >= 11 is 0. The minimum Gasteiger partial charge on any atom is -0.348 e. The molecule has 4 heteroatoms. The second kappa shape index (κ2) is 19.3. The van der Waals surface area contributed by atoms with Crippen LogP contribution >= 0.6 is 0 Å². The maximum Gasteiger partial charge on any atom is 0.185 e. The number of aromatic nitrogens is 1. The lowest BCUT2D eigenvalue weighted by atomic mass is 10.0. The van der Waals surface area contributed by atoms with E-state index in [-0.39, 0.29) is 12.1 Å². The Morgan fingerprint density at radius 3 is 1.87 bits per heavy atom. The molecule has 0 aliphatic carbocycles. The molecule has 1 aromatic heterocycles. The van der Waals surface area contributed by atoms with E-state index in [1.165, 1.54) is 103 Å². The largest absolute Gasteiger partial charge is 0.348 e. The Hall–Kier alpha value is -1.78. The Bertz CT molecular complexity index is 892. The predicted octanol–water partition coefficient (Wildman–Crippen LogP) is 10.8. The van der Waals surface area contributed by atoms with Crippen LogP contribution in [0.15, 0.2) is 36.5 Å². The smallest absolute Gasteiger partial charge is 0.185 e. The molecule has 0 amide bonds. The first-order chi connectivity index (χ1) is 19.2. The number of ether oxygens (including phenoxy) is 2. The molecular formula is C35H54FNO2. The average molecular weight is 540 g/mol. The number of nitrogens with zero attached hydrogens (tertiary/aromatic N) is 1. The first-order valence-corrected chi connectivity index (χ1v) is 16.2. The van der Waals surface area contributed by atoms with Crippen molar-refractivity contribution in [3.05, 3.63) is 53.5 Å². The highest BCUT2D eigenvalue weighted by atomic mass is 19.1. The second-order valence-corrected chi connectivity index (χ2v) is 11.6. The van der Waals surface area contributed by atoms with E-state index in [0.29, 0.717) is 5.92 Å². The van der Waals surface area contributed by atoms with E-state index in [4.69, 9.17) is 9.47 Å². The first-order valence-electron chi connectivity index (χ1n) is 16.2. The number of halogens is 1. The fraction of sp³-hybridized carbons (Fsp3) is 0.686. The molecule has 2 heterocycles. The van der Waals surface area contributed by atoms with Crippen LogP contribution in [0.2, 0.25) is 0 Å². The fourth-order valence-corrected chi connectivity index (χ4v) is 5.54. The van der Waals surface area contributed by atoms with Gasteiger partial charge >= 0.3 is 0 Å². The van der Waals surface area contributed by atoms with Crippen molar-refractivity contribution in [3.8, 4) is 11.3 Å². The zero-order valence-corrected chi connectivity index (χ0v) is 24.9. The van der Waals surface area contributed by atoms with Crippen molar-refractivity contribution in [2.75, 3.05) is 13.2 Å². The number of pyridine rings is 1. The van der Waals surface area contributed by atoms with Crippen LogP contribution in [0, 0.1) is 11.7 Å². The molecule has 3 rings (SSSR count). The topological polar surface area (TPSA) is 31.4 Å². The van der Waals surface area contributed by atoms with Crippen LogP contribution in [0.4, 0.5) is 4.39 Å². The molecule has 1 aliphatic heterocycles. The van der Waals surface area contributed by atoms with Crippen molar-refractivity contribution in [3.63, 3.8) is 0 Å². The Labute approximate surface area is 238 Å². The van der Waals surface area contributed by atoms with Gasteiger partial charge in [-0.05, 0) is 37.0 Å². The van der Waals surface area contributed by atoms with Crippen LogP contribution in [0.3, 0.4) is 0 Å². The van der Waals surface area contributed by atoms with Crippen LogP contribution in [0.5, 0.6) is 0 Å². The van der Waals surface area contributed by atoms with Crippen molar-refractivity contribution in [2.45, 2.75) is 136 Å². The number of rotatable bonds is 20. The third-order valence-electron chi connectivity index (χ3n) is 8.14. The first kappa shape index (κ1) is 31.7. The minimum absolute atomic E-state index is 0.126. The number of unbranched alkanes of at least 4 members (excludes halogenated alkanes) is 14. The maximum atomic E-state index is 14.7. The summed E-state index contributed by atoms with van der Waals surface area (Å²) in [5.74, 6) is 0.361. The van der Waals surface area contributed by atoms with Gasteiger partial charge in [0.1, 0.15) is 5.82 Å². The van der Waals surface area contributed by atoms with E-state index >= 15 is 0 Å². The summed E-state index contributed by atoms with van der Waals surface area (Å²) in [4.78, 5) is 4.60. The van der Waals surface area contributed by atoms with E-state index < -0.39 is 0 Å². The fourth-order valence-electron chi connectivity index (χ4n) is 5.54. The molecule has 3 nitrogen and oxygen atoms in total. The number of hydrogen-bond acceptors (Lipinski definition) is 3. The summed E-state index contributed by atoms with van der Waals surface area (Å²) in [6.07, 6.45) is 24.4. The molecule has 0 saturated carbocycles. The molecule has 39 heavy (non-hydrogen) atoms. The van der Waals surface area contributed by atoms with Crippen LogP contribution in [0.1, 0.15) is 140 Å². The average Bonchev–Trinajstić information content (AvgIpc) is 2.97. The SMILES string of the molecule is CCCCCCCCCCCCC1COC(c2ccc(-c3ccc(CCCCCCCC)c(F)c3)nc2)OC1. The molecule has 2 aromatic rings. The summed E-state index contributed by atoms with van der Waals surface area (Å²) in [5.41, 5.74) is 3.32. The maximum absolute atomic E-state index is 14.7. The third kappa shape index (κ3) is 12.1. The van der Waals surface area contributed by atoms with Crippen molar-refractivity contribution >= 4 is 0 Å². The van der Waals surface area contributed by atoms with Gasteiger partial charge in [0.15, 0.2) is 6.29 Å². The van der Waals surface area contributed by atoms with Gasteiger partial charge in [-0.3, -0.25) is 4.98 Å². The molecule has 1 saturated heterocycles. The summed E-state index contributed by atoms with van der Waals surface area (Å²) < 4.78 is 26.8. The number of benzene rings is 1. The molecule has 0 spiro atoms. The van der Waals surface area contributed by atoms with Crippen molar-refractivity contribution < 1.29 is 13.9 Å². The lowest BCUT2D eigenvalue weighted by Crippen LogP contribution is -2.27. The van der Waals surface area contributed by atoms with E-state index in [1.54, 1.807) is 6.07 Å². The van der Waals surface area contributed by atoms with Crippen LogP contribution in [-0.4, -0.2) is 18.2 Å². The van der Waals surface area contributed by atoms with Gasteiger partial charge in [0.05, 0.1) is 18.9 Å². The highest BCUT2D eigenvalue weighted by molar-refractivity contribution is 5.59. The molecule has 1 fully saturated rings. The lowest BCUT2D eigenvalue weighted by Gasteiger charge is -2.29. The van der Waals surface area contributed by atoms with Gasteiger partial charge < -0.3 is 9.47 Å². The van der Waals surface area contributed by atoms with Gasteiger partial charge in [0.2, 0.25) is 0 Å². The van der Waals surface area contributed by atoms with Crippen molar-refractivity contribution in [1.29, 1.82) is 0 Å². The standard InChI is InChI=1S/C35H54FNO2/c1-3-5-7-9-11-12-13-14-15-17-19-29-27-38-35(39-28-29)32-23-24-34(37-26-32)31-22-21-30(33(36)25-31)20-18-16-10-8-6-4-2/h21-26,29,35H,3-20,27-28H2,1-2H3. The van der Waals surface area contributed by atoms with E-state index in [1.807, 2.05) is 30.5 Å². The Kier molecular flexibility index (Phi) is 15.7. The van der Waals surface area contributed by atoms with Gasteiger partial charge in [0, 0.05) is 23.2 Å². The number of hydrogen-bond donors (Lipinski definition) is 0. The van der Waals surface area contributed by atoms with Crippen molar-refractivity contribution in [2.24, 2.45) is 5.92 Å². The van der Waals surface area contributed by atoms with Crippen LogP contribution in [-0.2, 0) is 15.9 Å². The van der Waals surface area contributed by atoms with Crippen LogP contribution in [0.25, 0.3) is 11.3 Å². The second-order valence-electron chi connectivity index (χ2n) is 11.6. The Morgan fingerprint density at radius 1 is 0.718 bits per heavy atom. The highest BCUT2D eigenvalue weighted by Gasteiger charge is 2.23. The van der Waals surface area contributed by atoms with Gasteiger partial charge in [-0.25, -0.2) is 4.39 Å². The highest BCUT2D eigenvalue weighted by Crippen LogP contribution is 2.29. The molecule has 1 aliphatic rings. The Balaban J connectivity index is 1.32. The van der Waals surface area contributed by atoms with Crippen molar-refractivity contribution in [1.82, 2.24) is 4.98 Å². The van der Waals surface area contributed by atoms with Gasteiger partial charge in [0.25, 0.3) is 0 Å². The zero-order chi connectivity index (χ0) is 27.5. The molecule has 0 bridgehead atoms. The summed E-state index contributed by atoms with van der Waals surface area (Å²) in [7, 11) is 0. The van der Waals surface area contributed by atoms with Gasteiger partial charge in [-0.15, -0.1) is 0 Å². The minimum atomic E-state index is -0.355. The molecule has 1 aromatic carbocycles. The molecule has 0 N–H and O–H groups in total. The molecule has 0 radical (unpaired) electrons. The predicted molar refractivity (Wildman–Crippen MR) is 161 cm³/mol. The molecule has 0 atom stereocenters. The summed E-state index contributed by atoms with van der Waals surface area (Å²) in [5, 5.41) is 0. The molecule has 0 unspecified atom stereocenters. The molecule has 218 valence electrons. The Morgan fingerprint density at radius 2 is 1.31 bits per heavy atom. The summed E-state index contributed by atoms with van der Waals surface area (Å²) in [6, 6.07) is 9.48. The lowest BCUT2D eigenvalue weighted by molar-refractivity contribution is -0.206. The van der Waals surface area contributed by atoms with Gasteiger partial charge in [-0.1, -0.05) is 128 Å². The number of aryl methyl sites for hydroxylation is 1. The quantitative estimate of drug-likeness (QED) is 0.157. The van der Waals surface area contributed by atoms with E-state index in [2.05, 4.69) is 18.8 Å². The normalized spacial score (nSPS) is 17.5. The summed E-state index contributed by atoms with van der Waals surface area (Å²) in [6.45, 7) is 5.99. The molecular weight excluding hydrogens is 485 g/mol. The van der Waals surface area contributed by atoms with Gasteiger partial charge in [-0.2, -0.15) is 0 Å². The van der Waals surface area contributed by atoms with E-state index in [9.17, 15) is 4.39 Å². The monoisotopic (exact) mass is 539 g/mol. The van der Waals surface area contributed by atoms with Crippen LogP contribution < -0.4 is 0 Å². The third-order valence-corrected chi connectivity index (χ3v) is 8.14.